The van der Waals surface area contributed by atoms with E-state index in [4.69, 9.17) is 0 Å². The predicted octanol–water partition coefficient (Wildman–Crippen LogP) is 10.9. The van der Waals surface area contributed by atoms with Crippen molar-refractivity contribution in [2.75, 3.05) is 0 Å². The molecule has 41 heavy (non-hydrogen) atoms. The highest BCUT2D eigenvalue weighted by molar-refractivity contribution is 5.98. The van der Waals surface area contributed by atoms with Crippen molar-refractivity contribution >= 4 is 34.7 Å². The molecular weight excluding hydrogens is 494 g/mol. The minimum absolute atomic E-state index is 0.0153. The van der Waals surface area contributed by atoms with E-state index in [-0.39, 0.29) is 5.41 Å². The highest BCUT2D eigenvalue weighted by Gasteiger charge is 2.34. The van der Waals surface area contributed by atoms with Crippen LogP contribution in [0.1, 0.15) is 54.3 Å². The van der Waals surface area contributed by atoms with Crippen molar-refractivity contribution in [3.05, 3.63) is 162 Å². The molecular formula is C40H35N. The molecule has 0 fully saturated rings. The van der Waals surface area contributed by atoms with Gasteiger partial charge in [-0.15, -0.1) is 0 Å². The van der Waals surface area contributed by atoms with E-state index in [0.717, 1.165) is 28.0 Å². The third kappa shape index (κ3) is 4.44. The molecule has 1 heteroatoms. The highest BCUT2D eigenvalue weighted by Crippen LogP contribution is 2.48. The molecule has 1 aliphatic carbocycles. The molecule has 0 spiro atoms. The predicted molar refractivity (Wildman–Crippen MR) is 179 cm³/mol. The summed E-state index contributed by atoms with van der Waals surface area (Å²) in [6, 6.07) is 32.8. The second-order valence-corrected chi connectivity index (χ2v) is 11.1. The van der Waals surface area contributed by atoms with Crippen LogP contribution < -0.4 is 0 Å². The molecule has 1 nitrogen and oxygen atoms in total. The molecule has 200 valence electrons. The number of hydrogen-bond donors (Lipinski definition) is 0. The van der Waals surface area contributed by atoms with Crippen LogP contribution in [-0.2, 0) is 5.41 Å². The van der Waals surface area contributed by atoms with Gasteiger partial charge < -0.3 is 4.57 Å². The van der Waals surface area contributed by atoms with Gasteiger partial charge in [0.05, 0.1) is 11.2 Å². The number of hydrogen-bond acceptors (Lipinski definition) is 0. The van der Waals surface area contributed by atoms with Crippen LogP contribution in [0.25, 0.3) is 51.5 Å². The van der Waals surface area contributed by atoms with E-state index in [9.17, 15) is 0 Å². The van der Waals surface area contributed by atoms with Crippen molar-refractivity contribution in [2.45, 2.75) is 26.2 Å². The second-order valence-electron chi connectivity index (χ2n) is 11.1. The summed E-state index contributed by atoms with van der Waals surface area (Å²) in [6.07, 6.45) is 14.6. The Morgan fingerprint density at radius 1 is 0.780 bits per heavy atom. The minimum atomic E-state index is -0.0153. The number of benzene rings is 4. The topological polar surface area (TPSA) is 4.93 Å². The van der Waals surface area contributed by atoms with Crippen LogP contribution in [-0.4, -0.2) is 4.57 Å². The Bertz CT molecular complexity index is 1890. The number of allylic oxidation sites excluding steroid dienone is 5. The first-order valence-corrected chi connectivity index (χ1v) is 14.2. The van der Waals surface area contributed by atoms with Crippen molar-refractivity contribution in [2.24, 2.45) is 0 Å². The Hall–Kier alpha value is -4.88. The first-order chi connectivity index (χ1) is 20.0. The summed E-state index contributed by atoms with van der Waals surface area (Å²) < 4.78 is 2.29. The maximum atomic E-state index is 4.16. The van der Waals surface area contributed by atoms with Crippen LogP contribution in [0.3, 0.4) is 0 Å². The molecule has 0 amide bonds. The number of para-hydroxylation sites is 1. The maximum Gasteiger partial charge on any atom is 0.0541 e. The molecule has 0 N–H and O–H groups in total. The number of fused-ring (bicyclic) bond motifs is 4. The zero-order valence-electron chi connectivity index (χ0n) is 24.1. The monoisotopic (exact) mass is 529 g/mol. The van der Waals surface area contributed by atoms with Gasteiger partial charge >= 0.3 is 0 Å². The van der Waals surface area contributed by atoms with Crippen LogP contribution in [0.5, 0.6) is 0 Å². The molecule has 0 radical (unpaired) electrons. The van der Waals surface area contributed by atoms with Gasteiger partial charge in [0.25, 0.3) is 0 Å². The normalized spacial score (nSPS) is 14.1. The first kappa shape index (κ1) is 26.3. The van der Waals surface area contributed by atoms with E-state index in [0.29, 0.717) is 0 Å². The lowest BCUT2D eigenvalue weighted by Gasteiger charge is -2.21. The molecule has 0 aliphatic heterocycles. The molecule has 1 aliphatic rings. The Morgan fingerprint density at radius 3 is 2.29 bits per heavy atom. The van der Waals surface area contributed by atoms with Crippen LogP contribution in [0, 0.1) is 0 Å². The summed E-state index contributed by atoms with van der Waals surface area (Å²) in [5, 5.41) is 1.19. The molecule has 6 rings (SSSR count). The van der Waals surface area contributed by atoms with E-state index < -0.39 is 0 Å². The van der Waals surface area contributed by atoms with Crippen molar-refractivity contribution in [1.29, 1.82) is 0 Å². The van der Waals surface area contributed by atoms with Crippen LogP contribution in [0.4, 0.5) is 0 Å². The largest absolute Gasteiger partial charge is 0.309 e. The number of rotatable bonds is 7. The zero-order chi connectivity index (χ0) is 28.6. The summed E-state index contributed by atoms with van der Waals surface area (Å²) in [4.78, 5) is 0. The van der Waals surface area contributed by atoms with E-state index >= 15 is 0 Å². The first-order valence-electron chi connectivity index (χ1n) is 14.2. The van der Waals surface area contributed by atoms with E-state index in [1.54, 1.807) is 0 Å². The van der Waals surface area contributed by atoms with Gasteiger partial charge in [0.2, 0.25) is 0 Å². The van der Waals surface area contributed by atoms with Crippen LogP contribution in [0.2, 0.25) is 0 Å². The average molecular weight is 530 g/mol. The average Bonchev–Trinajstić information content (AvgIpc) is 3.43. The third-order valence-corrected chi connectivity index (χ3v) is 8.28. The standard InChI is InChI=1S/C40H35N/c1-6-14-29(22-20-28-21-24-33-32-18-12-13-19-36(32)40(4,5)37(33)26-28)30-23-25-39-35(27-30)34(15-7-2)38(8-3)41(39)31-16-10-9-11-17-31/h6-27H,1,3H2,2,4-5H3/b15-7-,22-20-,29-14+. The zero-order valence-corrected chi connectivity index (χ0v) is 24.1. The molecule has 4 aromatic carbocycles. The van der Waals surface area contributed by atoms with Crippen molar-refractivity contribution in [1.82, 2.24) is 4.57 Å². The fraction of sp³-hybridized carbons (Fsp3) is 0.100. The Balaban J connectivity index is 1.42. The minimum Gasteiger partial charge on any atom is -0.309 e. The molecule has 0 atom stereocenters. The Labute approximate surface area is 243 Å². The van der Waals surface area contributed by atoms with E-state index in [1.807, 2.05) is 18.2 Å². The molecule has 1 aromatic heterocycles. The van der Waals surface area contributed by atoms with Crippen LogP contribution >= 0.6 is 0 Å². The lowest BCUT2D eigenvalue weighted by Crippen LogP contribution is -2.14. The van der Waals surface area contributed by atoms with Crippen molar-refractivity contribution in [3.63, 3.8) is 0 Å². The van der Waals surface area contributed by atoms with Crippen molar-refractivity contribution < 1.29 is 0 Å². The quantitative estimate of drug-likeness (QED) is 0.185. The van der Waals surface area contributed by atoms with Gasteiger partial charge in [0.15, 0.2) is 0 Å². The van der Waals surface area contributed by atoms with Crippen LogP contribution in [0.15, 0.2) is 128 Å². The van der Waals surface area contributed by atoms with Gasteiger partial charge in [-0.05, 0) is 76.2 Å². The Kier molecular flexibility index (Phi) is 6.81. The molecule has 0 saturated heterocycles. The molecule has 5 aromatic rings. The van der Waals surface area contributed by atoms with E-state index in [1.165, 1.54) is 38.8 Å². The molecule has 0 unspecified atom stereocenters. The van der Waals surface area contributed by atoms with Gasteiger partial charge in [-0.25, -0.2) is 0 Å². The summed E-state index contributed by atoms with van der Waals surface area (Å²) in [6.45, 7) is 14.9. The molecule has 1 heterocycles. The SMILES string of the molecule is C=C/C=C(\C=C/c1ccc2c(c1)C(C)(C)c1ccccc1-2)c1ccc2c(c1)c(/C=C\C)c(C=C)n2-c1ccccc1. The second kappa shape index (κ2) is 10.6. The van der Waals surface area contributed by atoms with Gasteiger partial charge in [0.1, 0.15) is 0 Å². The summed E-state index contributed by atoms with van der Waals surface area (Å²) in [7, 11) is 0. The summed E-state index contributed by atoms with van der Waals surface area (Å²) in [5.41, 5.74) is 13.5. The van der Waals surface area contributed by atoms with Gasteiger partial charge in [-0.2, -0.15) is 0 Å². The highest BCUT2D eigenvalue weighted by atomic mass is 15.0. The number of nitrogens with zero attached hydrogens (tertiary/aromatic N) is 1. The van der Waals surface area contributed by atoms with Gasteiger partial charge in [-0.1, -0.05) is 130 Å². The van der Waals surface area contributed by atoms with Crippen molar-refractivity contribution in [3.8, 4) is 16.8 Å². The fourth-order valence-corrected chi connectivity index (χ4v) is 6.30. The lowest BCUT2D eigenvalue weighted by atomic mass is 9.82. The lowest BCUT2D eigenvalue weighted by molar-refractivity contribution is 0.660. The summed E-state index contributed by atoms with van der Waals surface area (Å²) in [5.74, 6) is 0. The van der Waals surface area contributed by atoms with Gasteiger partial charge in [-0.3, -0.25) is 0 Å². The smallest absolute Gasteiger partial charge is 0.0541 e. The molecule has 0 bridgehead atoms. The third-order valence-electron chi connectivity index (χ3n) is 8.28. The Morgan fingerprint density at radius 2 is 1.54 bits per heavy atom. The fourth-order valence-electron chi connectivity index (χ4n) is 6.30. The maximum absolute atomic E-state index is 4.16. The molecule has 0 saturated carbocycles. The van der Waals surface area contributed by atoms with Gasteiger partial charge in [0, 0.05) is 22.1 Å². The summed E-state index contributed by atoms with van der Waals surface area (Å²) >= 11 is 0. The number of aromatic nitrogens is 1. The van der Waals surface area contributed by atoms with E-state index in [2.05, 4.69) is 154 Å².